The molecule has 34 heavy (non-hydrogen) atoms. The summed E-state index contributed by atoms with van der Waals surface area (Å²) >= 11 is 1.56. The molecule has 3 aromatic heterocycles. The molecule has 5 rings (SSSR count). The largest absolute Gasteiger partial charge is 0.367 e. The van der Waals surface area contributed by atoms with E-state index < -0.39 is 0 Å². The summed E-state index contributed by atoms with van der Waals surface area (Å²) in [6.07, 6.45) is 7.16. The Hall–Kier alpha value is -3.01. The van der Waals surface area contributed by atoms with E-state index in [-0.39, 0.29) is 29.8 Å². The number of hydrogen-bond donors (Lipinski definition) is 2. The van der Waals surface area contributed by atoms with E-state index in [2.05, 4.69) is 41.5 Å². The third-order valence-corrected chi connectivity index (χ3v) is 7.66. The van der Waals surface area contributed by atoms with Crippen LogP contribution in [0.4, 0.5) is 5.82 Å². The van der Waals surface area contributed by atoms with E-state index in [1.54, 1.807) is 28.1 Å². The Bertz CT molecular complexity index is 1190. The molecule has 0 bridgehead atoms. The minimum atomic E-state index is -0.106. The molecule has 4 heterocycles. The summed E-state index contributed by atoms with van der Waals surface area (Å²) in [5.74, 6) is 1.80. The van der Waals surface area contributed by atoms with Gasteiger partial charge in [-0.2, -0.15) is 5.10 Å². The predicted molar refractivity (Wildman–Crippen MR) is 132 cm³/mol. The molecule has 180 valence electrons. The van der Waals surface area contributed by atoms with Crippen molar-refractivity contribution in [1.82, 2.24) is 29.8 Å². The second kappa shape index (κ2) is 9.32. The molecule has 0 unspecified atom stereocenters. The molecule has 1 aliphatic heterocycles. The molecule has 1 saturated carbocycles. The van der Waals surface area contributed by atoms with E-state index in [0.717, 1.165) is 36.1 Å². The van der Waals surface area contributed by atoms with Crippen molar-refractivity contribution in [2.45, 2.75) is 58.5 Å². The Morgan fingerprint density at radius 3 is 2.59 bits per heavy atom. The monoisotopic (exact) mass is 481 g/mol. The highest BCUT2D eigenvalue weighted by molar-refractivity contribution is 7.16. The van der Waals surface area contributed by atoms with Gasteiger partial charge in [0.1, 0.15) is 16.3 Å². The van der Waals surface area contributed by atoms with Crippen LogP contribution in [0, 0.1) is 11.8 Å². The van der Waals surface area contributed by atoms with Crippen LogP contribution in [0.2, 0.25) is 0 Å². The molecule has 0 aromatic carbocycles. The van der Waals surface area contributed by atoms with Gasteiger partial charge in [-0.05, 0) is 38.5 Å². The molecule has 2 N–H and O–H groups in total. The smallest absolute Gasteiger partial charge is 0.272 e. The van der Waals surface area contributed by atoms with E-state index in [0.29, 0.717) is 36.3 Å². The van der Waals surface area contributed by atoms with Crippen LogP contribution in [0.5, 0.6) is 0 Å². The maximum Gasteiger partial charge on any atom is 0.272 e. The molecule has 1 atom stereocenters. The summed E-state index contributed by atoms with van der Waals surface area (Å²) in [5, 5.41) is 12.9. The van der Waals surface area contributed by atoms with E-state index in [9.17, 15) is 9.59 Å². The standard InChI is InChI=1S/C24H31N7O2S/c1-14(2)15(3)26-20-12-19(28-21(29-20)18-13-25-31-10-11-34-24(18)31)23(33)30-8-6-17(7-9-30)27-22(32)16-4-5-16/h10-17H,4-9H2,1-3H3,(H,27,32)(H,26,28,29)/t15-/m1/s1. The average Bonchev–Trinajstić information content (AvgIpc) is 3.45. The van der Waals surface area contributed by atoms with Gasteiger partial charge in [0.25, 0.3) is 5.91 Å². The molecule has 10 heteroatoms. The molecule has 2 aliphatic rings. The second-order valence-electron chi connectivity index (χ2n) is 9.70. The van der Waals surface area contributed by atoms with Crippen LogP contribution in [0.3, 0.4) is 0 Å². The number of thiazole rings is 1. The zero-order chi connectivity index (χ0) is 23.8. The van der Waals surface area contributed by atoms with Gasteiger partial charge < -0.3 is 15.5 Å². The minimum Gasteiger partial charge on any atom is -0.367 e. The topological polar surface area (TPSA) is 105 Å². The fourth-order valence-corrected chi connectivity index (χ4v) is 4.88. The number of nitrogens with one attached hydrogen (secondary N) is 2. The number of nitrogens with zero attached hydrogens (tertiary/aromatic N) is 5. The lowest BCUT2D eigenvalue weighted by Gasteiger charge is -2.32. The van der Waals surface area contributed by atoms with Crippen molar-refractivity contribution in [3.05, 3.63) is 29.5 Å². The first kappa shape index (κ1) is 22.8. The van der Waals surface area contributed by atoms with Crippen LogP contribution in [0.1, 0.15) is 56.9 Å². The SMILES string of the molecule is CC(C)[C@@H](C)Nc1cc(C(=O)N2CCC(NC(=O)C3CC3)CC2)nc(-c2cnn3ccsc23)n1. The Morgan fingerprint density at radius 2 is 1.88 bits per heavy atom. The minimum absolute atomic E-state index is 0.106. The van der Waals surface area contributed by atoms with Crippen molar-refractivity contribution < 1.29 is 9.59 Å². The fraction of sp³-hybridized carbons (Fsp3) is 0.542. The van der Waals surface area contributed by atoms with Crippen LogP contribution in [-0.4, -0.2) is 61.5 Å². The number of aromatic nitrogens is 4. The molecule has 2 fully saturated rings. The van der Waals surface area contributed by atoms with Gasteiger partial charge in [-0.15, -0.1) is 11.3 Å². The zero-order valence-electron chi connectivity index (χ0n) is 19.8. The second-order valence-corrected chi connectivity index (χ2v) is 10.6. The maximum absolute atomic E-state index is 13.5. The maximum atomic E-state index is 13.5. The third-order valence-electron chi connectivity index (χ3n) is 6.77. The molecule has 1 aliphatic carbocycles. The van der Waals surface area contributed by atoms with E-state index in [4.69, 9.17) is 4.98 Å². The summed E-state index contributed by atoms with van der Waals surface area (Å²) in [7, 11) is 0. The van der Waals surface area contributed by atoms with Gasteiger partial charge in [-0.25, -0.2) is 14.5 Å². The highest BCUT2D eigenvalue weighted by atomic mass is 32.1. The summed E-state index contributed by atoms with van der Waals surface area (Å²) < 4.78 is 1.79. The van der Waals surface area contributed by atoms with Crippen molar-refractivity contribution >= 4 is 33.8 Å². The van der Waals surface area contributed by atoms with Gasteiger partial charge >= 0.3 is 0 Å². The van der Waals surface area contributed by atoms with Crippen LogP contribution in [-0.2, 0) is 4.79 Å². The number of piperidine rings is 1. The van der Waals surface area contributed by atoms with Crippen LogP contribution < -0.4 is 10.6 Å². The first-order valence-electron chi connectivity index (χ1n) is 12.1. The number of hydrogen-bond acceptors (Lipinski definition) is 7. The lowest BCUT2D eigenvalue weighted by Crippen LogP contribution is -2.47. The molecule has 0 spiro atoms. The highest BCUT2D eigenvalue weighted by Gasteiger charge is 2.32. The number of rotatable bonds is 7. The normalized spacial score (nSPS) is 17.8. The molecule has 1 saturated heterocycles. The molecule has 2 amide bonds. The molecule has 0 radical (unpaired) electrons. The molecule has 9 nitrogen and oxygen atoms in total. The average molecular weight is 482 g/mol. The molecular weight excluding hydrogens is 450 g/mol. The first-order valence-corrected chi connectivity index (χ1v) is 12.9. The lowest BCUT2D eigenvalue weighted by atomic mass is 10.0. The van der Waals surface area contributed by atoms with Gasteiger partial charge in [-0.1, -0.05) is 13.8 Å². The third kappa shape index (κ3) is 4.77. The number of carbonyl (C=O) groups excluding carboxylic acids is 2. The van der Waals surface area contributed by atoms with Crippen molar-refractivity contribution in [2.75, 3.05) is 18.4 Å². The summed E-state index contributed by atoms with van der Waals surface area (Å²) in [6, 6.07) is 2.08. The Kier molecular flexibility index (Phi) is 6.24. The molecule has 3 aromatic rings. The van der Waals surface area contributed by atoms with Crippen molar-refractivity contribution in [2.24, 2.45) is 11.8 Å². The van der Waals surface area contributed by atoms with Crippen LogP contribution >= 0.6 is 11.3 Å². The number of carbonyl (C=O) groups is 2. The van der Waals surface area contributed by atoms with Crippen LogP contribution in [0.25, 0.3) is 16.2 Å². The van der Waals surface area contributed by atoms with Gasteiger partial charge in [0.2, 0.25) is 5.91 Å². The summed E-state index contributed by atoms with van der Waals surface area (Å²) in [5.41, 5.74) is 1.19. The highest BCUT2D eigenvalue weighted by Crippen LogP contribution is 2.30. The van der Waals surface area contributed by atoms with Crippen molar-refractivity contribution in [1.29, 1.82) is 0 Å². The fourth-order valence-electron chi connectivity index (χ4n) is 4.09. The Morgan fingerprint density at radius 1 is 1.12 bits per heavy atom. The van der Waals surface area contributed by atoms with Crippen molar-refractivity contribution in [3.63, 3.8) is 0 Å². The zero-order valence-corrected chi connectivity index (χ0v) is 20.6. The quantitative estimate of drug-likeness (QED) is 0.536. The number of amides is 2. The van der Waals surface area contributed by atoms with Gasteiger partial charge in [0.05, 0.1) is 11.8 Å². The number of likely N-dealkylation sites (tertiary alicyclic amines) is 1. The summed E-state index contributed by atoms with van der Waals surface area (Å²) in [6.45, 7) is 7.59. The Balaban J connectivity index is 1.37. The number of fused-ring (bicyclic) bond motifs is 1. The van der Waals surface area contributed by atoms with Crippen molar-refractivity contribution in [3.8, 4) is 11.4 Å². The predicted octanol–water partition coefficient (Wildman–Crippen LogP) is 3.44. The lowest BCUT2D eigenvalue weighted by molar-refractivity contribution is -0.123. The summed E-state index contributed by atoms with van der Waals surface area (Å²) in [4.78, 5) is 37.7. The number of anilines is 1. The van der Waals surface area contributed by atoms with Gasteiger partial charge in [-0.3, -0.25) is 9.59 Å². The van der Waals surface area contributed by atoms with Gasteiger partial charge in [0, 0.05) is 48.7 Å². The first-order chi connectivity index (χ1) is 16.4. The van der Waals surface area contributed by atoms with E-state index in [1.807, 2.05) is 16.5 Å². The van der Waals surface area contributed by atoms with Crippen LogP contribution in [0.15, 0.2) is 23.8 Å². The Labute approximate surface area is 203 Å². The van der Waals surface area contributed by atoms with E-state index in [1.165, 1.54) is 0 Å². The van der Waals surface area contributed by atoms with Gasteiger partial charge in [0.15, 0.2) is 5.82 Å². The van der Waals surface area contributed by atoms with E-state index >= 15 is 0 Å². The molecular formula is C24H31N7O2S.